The lowest BCUT2D eigenvalue weighted by Gasteiger charge is -2.31. The van der Waals surface area contributed by atoms with Crippen LogP contribution < -0.4 is 10.3 Å². The molecule has 0 aliphatic carbocycles. The molecule has 0 spiro atoms. The SMILES string of the molecule is CCc1c2c(nc3ccc(OCc4ccccc4Cl)cc13)-c1cc3c(c(=O)n1C2)COC(=O)C3(O)CC. The average Bonchev–Trinajstić information content (AvgIpc) is 3.27. The molecule has 188 valence electrons. The number of nitrogens with zero attached hydrogens (tertiary/aromatic N) is 2. The lowest BCUT2D eigenvalue weighted by molar-refractivity contribution is -0.172. The Morgan fingerprint density at radius 1 is 1.14 bits per heavy atom. The van der Waals surface area contributed by atoms with E-state index in [1.165, 1.54) is 0 Å². The fourth-order valence-corrected chi connectivity index (χ4v) is 5.60. The molecule has 2 aliphatic rings. The number of hydrogen-bond acceptors (Lipinski definition) is 6. The number of fused-ring (bicyclic) bond motifs is 5. The minimum atomic E-state index is -1.84. The molecule has 7 nitrogen and oxygen atoms in total. The van der Waals surface area contributed by atoms with Crippen LogP contribution in [0.3, 0.4) is 0 Å². The van der Waals surface area contributed by atoms with Gasteiger partial charge in [0.05, 0.1) is 29.0 Å². The molecule has 0 fully saturated rings. The minimum absolute atomic E-state index is 0.108. The molecule has 8 heteroatoms. The van der Waals surface area contributed by atoms with Crippen LogP contribution in [0.4, 0.5) is 0 Å². The number of halogens is 1. The fraction of sp³-hybridized carbons (Fsp3) is 0.276. The summed E-state index contributed by atoms with van der Waals surface area (Å²) in [5.41, 5.74) is 3.57. The first kappa shape index (κ1) is 23.7. The van der Waals surface area contributed by atoms with Gasteiger partial charge in [-0.05, 0) is 48.7 Å². The molecular formula is C29H25ClN2O5. The summed E-state index contributed by atoms with van der Waals surface area (Å²) in [6.07, 6.45) is 0.842. The lowest BCUT2D eigenvalue weighted by atomic mass is 9.86. The van der Waals surface area contributed by atoms with Crippen molar-refractivity contribution in [3.8, 4) is 17.1 Å². The third kappa shape index (κ3) is 3.56. The smallest absolute Gasteiger partial charge is 0.343 e. The second-order valence-corrected chi connectivity index (χ2v) is 9.84. The summed E-state index contributed by atoms with van der Waals surface area (Å²) in [6, 6.07) is 15.1. The molecule has 2 aliphatic heterocycles. The van der Waals surface area contributed by atoms with Crippen LogP contribution in [-0.4, -0.2) is 20.6 Å². The van der Waals surface area contributed by atoms with E-state index >= 15 is 0 Å². The summed E-state index contributed by atoms with van der Waals surface area (Å²) in [4.78, 5) is 30.8. The van der Waals surface area contributed by atoms with Crippen LogP contribution in [0.25, 0.3) is 22.3 Å². The number of carbonyl (C=O) groups excluding carboxylic acids is 1. The maximum absolute atomic E-state index is 13.5. The van der Waals surface area contributed by atoms with Crippen LogP contribution in [0.15, 0.2) is 53.3 Å². The molecule has 6 rings (SSSR count). The molecular weight excluding hydrogens is 492 g/mol. The summed E-state index contributed by atoms with van der Waals surface area (Å²) >= 11 is 6.28. The number of esters is 1. The zero-order valence-electron chi connectivity index (χ0n) is 20.5. The van der Waals surface area contributed by atoms with Gasteiger partial charge in [0.15, 0.2) is 5.60 Å². The third-order valence-electron chi connectivity index (χ3n) is 7.48. The van der Waals surface area contributed by atoms with Gasteiger partial charge in [-0.3, -0.25) is 4.79 Å². The highest BCUT2D eigenvalue weighted by Crippen LogP contribution is 2.40. The molecule has 0 radical (unpaired) electrons. The van der Waals surface area contributed by atoms with E-state index in [2.05, 4.69) is 6.92 Å². The molecule has 4 aromatic rings. The Morgan fingerprint density at radius 2 is 1.95 bits per heavy atom. The van der Waals surface area contributed by atoms with E-state index < -0.39 is 11.6 Å². The Morgan fingerprint density at radius 3 is 2.70 bits per heavy atom. The Labute approximate surface area is 218 Å². The quantitative estimate of drug-likeness (QED) is 0.335. The van der Waals surface area contributed by atoms with E-state index in [1.807, 2.05) is 42.5 Å². The van der Waals surface area contributed by atoms with Crippen molar-refractivity contribution < 1.29 is 19.4 Å². The van der Waals surface area contributed by atoms with Crippen LogP contribution >= 0.6 is 11.6 Å². The molecule has 1 unspecified atom stereocenters. The van der Waals surface area contributed by atoms with Crippen LogP contribution in [0, 0.1) is 0 Å². The van der Waals surface area contributed by atoms with Crippen LogP contribution in [0.5, 0.6) is 5.75 Å². The van der Waals surface area contributed by atoms with Gasteiger partial charge in [-0.2, -0.15) is 0 Å². The lowest BCUT2D eigenvalue weighted by Crippen LogP contribution is -2.44. The number of aromatic nitrogens is 2. The van der Waals surface area contributed by atoms with Gasteiger partial charge in [0.2, 0.25) is 0 Å². The number of hydrogen-bond donors (Lipinski definition) is 1. The Hall–Kier alpha value is -3.68. The zero-order chi connectivity index (χ0) is 25.9. The Kier molecular flexibility index (Phi) is 5.58. The number of ether oxygens (including phenoxy) is 2. The predicted octanol–water partition coefficient (Wildman–Crippen LogP) is 4.87. The summed E-state index contributed by atoms with van der Waals surface area (Å²) < 4.78 is 12.9. The van der Waals surface area contributed by atoms with E-state index in [0.29, 0.717) is 46.4 Å². The normalized spacial score (nSPS) is 17.8. The zero-order valence-corrected chi connectivity index (χ0v) is 21.3. The van der Waals surface area contributed by atoms with Gasteiger partial charge in [0.1, 0.15) is 19.0 Å². The summed E-state index contributed by atoms with van der Waals surface area (Å²) in [5, 5.41) is 12.7. The number of aliphatic hydroxyl groups is 1. The second kappa shape index (κ2) is 8.71. The van der Waals surface area contributed by atoms with Crippen molar-refractivity contribution in [2.24, 2.45) is 0 Å². The van der Waals surface area contributed by atoms with E-state index in [0.717, 1.165) is 34.0 Å². The maximum atomic E-state index is 13.5. The van der Waals surface area contributed by atoms with E-state index in [4.69, 9.17) is 26.1 Å². The first-order chi connectivity index (χ1) is 17.9. The molecule has 37 heavy (non-hydrogen) atoms. The summed E-state index contributed by atoms with van der Waals surface area (Å²) in [5.74, 6) is -0.0224. The summed E-state index contributed by atoms with van der Waals surface area (Å²) in [6.45, 7) is 4.34. The van der Waals surface area contributed by atoms with Gasteiger partial charge >= 0.3 is 5.97 Å². The van der Waals surface area contributed by atoms with Crippen LogP contribution in [0.1, 0.15) is 48.1 Å². The fourth-order valence-electron chi connectivity index (χ4n) is 5.41. The molecule has 1 N–H and O–H groups in total. The van der Waals surface area contributed by atoms with Crippen molar-refractivity contribution in [3.63, 3.8) is 0 Å². The van der Waals surface area contributed by atoms with Crippen molar-refractivity contribution in [3.05, 3.63) is 91.7 Å². The van der Waals surface area contributed by atoms with Gasteiger partial charge < -0.3 is 19.1 Å². The number of aryl methyl sites for hydroxylation is 1. The van der Waals surface area contributed by atoms with Crippen molar-refractivity contribution >= 4 is 28.5 Å². The molecule has 4 heterocycles. The van der Waals surface area contributed by atoms with Gasteiger partial charge in [-0.15, -0.1) is 0 Å². The first-order valence-electron chi connectivity index (χ1n) is 12.3. The standard InChI is InChI=1S/C29H25ClN2O5/c1-3-18-19-11-17(36-14-16-7-5-6-8-23(16)30)9-10-24(19)31-26-20(18)13-32-25(26)12-22-21(27(32)33)15-37-28(34)29(22,35)4-2/h5-12,35H,3-4,13-15H2,1-2H3. The monoisotopic (exact) mass is 516 g/mol. The van der Waals surface area contributed by atoms with Gasteiger partial charge in [0, 0.05) is 27.1 Å². The topological polar surface area (TPSA) is 90.6 Å². The van der Waals surface area contributed by atoms with Crippen LogP contribution in [-0.2, 0) is 41.3 Å². The number of cyclic esters (lactones) is 1. The van der Waals surface area contributed by atoms with E-state index in [9.17, 15) is 14.7 Å². The molecule has 2 aromatic heterocycles. The molecule has 0 amide bonds. The molecule has 0 bridgehead atoms. The van der Waals surface area contributed by atoms with Crippen molar-refractivity contribution in [2.75, 3.05) is 0 Å². The van der Waals surface area contributed by atoms with E-state index in [-0.39, 0.29) is 18.6 Å². The first-order valence-corrected chi connectivity index (χ1v) is 12.7. The number of rotatable bonds is 5. The minimum Gasteiger partial charge on any atom is -0.489 e. The molecule has 0 saturated carbocycles. The second-order valence-electron chi connectivity index (χ2n) is 9.43. The number of carbonyl (C=O) groups is 1. The Balaban J connectivity index is 1.45. The van der Waals surface area contributed by atoms with Gasteiger partial charge in [-0.1, -0.05) is 43.6 Å². The van der Waals surface area contributed by atoms with Gasteiger partial charge in [0.25, 0.3) is 5.56 Å². The average molecular weight is 517 g/mol. The molecule has 2 aromatic carbocycles. The number of pyridine rings is 2. The van der Waals surface area contributed by atoms with Crippen molar-refractivity contribution in [1.29, 1.82) is 0 Å². The summed E-state index contributed by atoms with van der Waals surface area (Å²) in [7, 11) is 0. The van der Waals surface area contributed by atoms with Crippen LogP contribution in [0.2, 0.25) is 5.02 Å². The maximum Gasteiger partial charge on any atom is 0.343 e. The highest BCUT2D eigenvalue weighted by Gasteiger charge is 2.45. The van der Waals surface area contributed by atoms with Gasteiger partial charge in [-0.25, -0.2) is 9.78 Å². The van der Waals surface area contributed by atoms with Crippen molar-refractivity contribution in [2.45, 2.75) is 52.0 Å². The molecule has 1 atom stereocenters. The third-order valence-corrected chi connectivity index (χ3v) is 7.85. The Bertz CT molecular complexity index is 1660. The highest BCUT2D eigenvalue weighted by molar-refractivity contribution is 6.31. The largest absolute Gasteiger partial charge is 0.489 e. The van der Waals surface area contributed by atoms with E-state index in [1.54, 1.807) is 17.6 Å². The number of benzene rings is 2. The predicted molar refractivity (Wildman–Crippen MR) is 140 cm³/mol. The molecule has 0 saturated heterocycles. The van der Waals surface area contributed by atoms with Crippen molar-refractivity contribution in [1.82, 2.24) is 9.55 Å². The highest BCUT2D eigenvalue weighted by atomic mass is 35.5.